The van der Waals surface area contributed by atoms with Gasteiger partial charge in [-0.3, -0.25) is 9.59 Å². The van der Waals surface area contributed by atoms with E-state index < -0.39 is 11.7 Å². The number of carbonyl (C=O) groups excluding carboxylic acids is 2. The second kappa shape index (κ2) is 11.4. The van der Waals surface area contributed by atoms with Crippen molar-refractivity contribution in [1.29, 1.82) is 0 Å². The van der Waals surface area contributed by atoms with Crippen molar-refractivity contribution in [3.63, 3.8) is 0 Å². The molecule has 188 valence electrons. The molecule has 0 saturated heterocycles. The molecule has 2 amide bonds. The number of carbonyl (C=O) groups is 2. The molecule has 1 aromatic heterocycles. The lowest BCUT2D eigenvalue weighted by Crippen LogP contribution is -2.46. The van der Waals surface area contributed by atoms with Gasteiger partial charge < -0.3 is 14.8 Å². The van der Waals surface area contributed by atoms with E-state index in [2.05, 4.69) is 4.98 Å². The molecule has 5 nitrogen and oxygen atoms in total. The third-order valence-corrected chi connectivity index (χ3v) is 6.05. The van der Waals surface area contributed by atoms with Crippen LogP contribution in [0, 0.1) is 0 Å². The lowest BCUT2D eigenvalue weighted by atomic mass is 10.1. The maximum absolute atomic E-state index is 13.4. The number of fused-ring (bicyclic) bond motifs is 1. The summed E-state index contributed by atoms with van der Waals surface area (Å²) in [5.74, 6) is -0.315. The predicted octanol–water partition coefficient (Wildman–Crippen LogP) is 5.80. The molecule has 2 aromatic carbocycles. The summed E-state index contributed by atoms with van der Waals surface area (Å²) in [6.07, 6.45) is -0.885. The van der Waals surface area contributed by atoms with E-state index >= 15 is 0 Å². The summed E-state index contributed by atoms with van der Waals surface area (Å²) in [5.41, 5.74) is 1.92. The van der Waals surface area contributed by atoms with E-state index in [0.29, 0.717) is 31.4 Å². The maximum Gasteiger partial charge on any atom is 0.416 e. The molecule has 0 fully saturated rings. The van der Waals surface area contributed by atoms with E-state index in [4.69, 9.17) is 0 Å². The minimum atomic E-state index is -4.42. The number of para-hydroxylation sites is 1. The van der Waals surface area contributed by atoms with Crippen LogP contribution in [0.5, 0.6) is 0 Å². The van der Waals surface area contributed by atoms with Crippen molar-refractivity contribution >= 4 is 22.7 Å². The molecule has 0 aliphatic rings. The molecule has 0 radical (unpaired) electrons. The van der Waals surface area contributed by atoms with E-state index in [1.807, 2.05) is 51.2 Å². The first-order valence-corrected chi connectivity index (χ1v) is 11.9. The zero-order valence-electron chi connectivity index (χ0n) is 20.4. The first kappa shape index (κ1) is 26.3. The molecule has 0 unspecified atom stereocenters. The fraction of sp³-hybridized carbons (Fsp3) is 0.407. The highest BCUT2D eigenvalue weighted by Gasteiger charge is 2.30. The van der Waals surface area contributed by atoms with Crippen LogP contribution in [0.1, 0.15) is 50.3 Å². The Hall–Kier alpha value is -3.29. The standard InChI is InChI=1S/C27H32F3N3O2/c1-4-7-25(34)33(19(2)3)18-26(35)32(17-20-10-12-22(13-11-20)27(28,29)30)15-14-21-16-31-24-9-6-5-8-23(21)24/h5-6,8-13,16,19,31H,4,7,14-15,17-18H2,1-3H3. The maximum atomic E-state index is 13.4. The summed E-state index contributed by atoms with van der Waals surface area (Å²) in [4.78, 5) is 32.3. The van der Waals surface area contributed by atoms with Crippen LogP contribution in [0.2, 0.25) is 0 Å². The van der Waals surface area contributed by atoms with Gasteiger partial charge in [-0.15, -0.1) is 0 Å². The van der Waals surface area contributed by atoms with Gasteiger partial charge in [0.15, 0.2) is 0 Å². The van der Waals surface area contributed by atoms with Crippen molar-refractivity contribution < 1.29 is 22.8 Å². The van der Waals surface area contributed by atoms with Gasteiger partial charge in [0.1, 0.15) is 0 Å². The number of rotatable bonds is 10. The molecule has 3 aromatic rings. The fourth-order valence-electron chi connectivity index (χ4n) is 4.07. The van der Waals surface area contributed by atoms with Gasteiger partial charge in [0.2, 0.25) is 11.8 Å². The Morgan fingerprint density at radius 1 is 1.00 bits per heavy atom. The predicted molar refractivity (Wildman–Crippen MR) is 131 cm³/mol. The van der Waals surface area contributed by atoms with Gasteiger partial charge in [-0.2, -0.15) is 13.2 Å². The number of hydrogen-bond acceptors (Lipinski definition) is 2. The molecule has 0 saturated carbocycles. The van der Waals surface area contributed by atoms with E-state index in [1.54, 1.807) is 9.80 Å². The van der Waals surface area contributed by atoms with Crippen molar-refractivity contribution in [2.45, 2.75) is 58.8 Å². The Morgan fingerprint density at radius 2 is 1.69 bits per heavy atom. The molecular formula is C27H32F3N3O2. The molecule has 0 bridgehead atoms. The highest BCUT2D eigenvalue weighted by molar-refractivity contribution is 5.85. The van der Waals surface area contributed by atoms with Crippen molar-refractivity contribution in [3.05, 3.63) is 71.4 Å². The number of amides is 2. The quantitative estimate of drug-likeness (QED) is 0.393. The number of halogens is 3. The molecule has 35 heavy (non-hydrogen) atoms. The number of alkyl halides is 3. The topological polar surface area (TPSA) is 56.4 Å². The van der Waals surface area contributed by atoms with Gasteiger partial charge in [0.05, 0.1) is 12.1 Å². The van der Waals surface area contributed by atoms with Crippen LogP contribution in [-0.4, -0.2) is 45.7 Å². The van der Waals surface area contributed by atoms with Gasteiger partial charge in [-0.25, -0.2) is 0 Å². The van der Waals surface area contributed by atoms with Crippen LogP contribution in [0.4, 0.5) is 13.2 Å². The smallest absolute Gasteiger partial charge is 0.361 e. The summed E-state index contributed by atoms with van der Waals surface area (Å²) in [5, 5.41) is 1.07. The van der Waals surface area contributed by atoms with Gasteiger partial charge in [0.25, 0.3) is 0 Å². The molecule has 8 heteroatoms. The minimum absolute atomic E-state index is 0.0645. The van der Waals surface area contributed by atoms with Crippen LogP contribution >= 0.6 is 0 Å². The van der Waals surface area contributed by atoms with Gasteiger partial charge >= 0.3 is 6.18 Å². The number of benzene rings is 2. The highest BCUT2D eigenvalue weighted by Crippen LogP contribution is 2.29. The van der Waals surface area contributed by atoms with Gasteiger partial charge in [-0.1, -0.05) is 37.3 Å². The summed E-state index contributed by atoms with van der Waals surface area (Å²) in [6, 6.07) is 12.6. The summed E-state index contributed by atoms with van der Waals surface area (Å²) >= 11 is 0. The second-order valence-electron chi connectivity index (χ2n) is 8.98. The molecule has 0 aliphatic carbocycles. The Labute approximate surface area is 203 Å². The van der Waals surface area contributed by atoms with Gasteiger partial charge in [-0.05, 0) is 56.0 Å². The Kier molecular flexibility index (Phi) is 8.59. The van der Waals surface area contributed by atoms with Crippen LogP contribution in [0.3, 0.4) is 0 Å². The molecule has 0 spiro atoms. The normalized spacial score (nSPS) is 11.7. The van der Waals surface area contributed by atoms with Crippen molar-refractivity contribution in [2.24, 2.45) is 0 Å². The first-order chi connectivity index (χ1) is 16.6. The zero-order chi connectivity index (χ0) is 25.6. The Bertz CT molecular complexity index is 1140. The van der Waals surface area contributed by atoms with Gasteiger partial charge in [0, 0.05) is 42.7 Å². The molecule has 0 atom stereocenters. The average molecular weight is 488 g/mol. The summed E-state index contributed by atoms with van der Waals surface area (Å²) in [6.45, 7) is 6.12. The monoisotopic (exact) mass is 487 g/mol. The Morgan fingerprint density at radius 3 is 2.31 bits per heavy atom. The minimum Gasteiger partial charge on any atom is -0.361 e. The van der Waals surface area contributed by atoms with Crippen LogP contribution < -0.4 is 0 Å². The fourth-order valence-corrected chi connectivity index (χ4v) is 4.07. The number of aromatic nitrogens is 1. The third-order valence-electron chi connectivity index (χ3n) is 6.05. The van der Waals surface area contributed by atoms with Crippen molar-refractivity contribution in [2.75, 3.05) is 13.1 Å². The molecular weight excluding hydrogens is 455 g/mol. The Balaban J connectivity index is 1.81. The van der Waals surface area contributed by atoms with Crippen LogP contribution in [0.25, 0.3) is 10.9 Å². The van der Waals surface area contributed by atoms with Crippen molar-refractivity contribution in [3.8, 4) is 0 Å². The van der Waals surface area contributed by atoms with Crippen molar-refractivity contribution in [1.82, 2.24) is 14.8 Å². The van der Waals surface area contributed by atoms with Crippen LogP contribution in [0.15, 0.2) is 54.7 Å². The van der Waals surface area contributed by atoms with E-state index in [9.17, 15) is 22.8 Å². The third kappa shape index (κ3) is 6.87. The van der Waals surface area contributed by atoms with Crippen LogP contribution in [-0.2, 0) is 28.7 Å². The van der Waals surface area contributed by atoms with E-state index in [1.165, 1.54) is 12.1 Å². The zero-order valence-corrected chi connectivity index (χ0v) is 20.4. The summed E-state index contributed by atoms with van der Waals surface area (Å²) in [7, 11) is 0. The SMILES string of the molecule is CCCC(=O)N(CC(=O)N(CCc1c[nH]c2ccccc12)Cc1ccc(C(F)(F)F)cc1)C(C)C. The number of hydrogen-bond donors (Lipinski definition) is 1. The second-order valence-corrected chi connectivity index (χ2v) is 8.98. The lowest BCUT2D eigenvalue weighted by Gasteiger charge is -2.30. The lowest BCUT2D eigenvalue weighted by molar-refractivity contribution is -0.142. The number of nitrogens with zero attached hydrogens (tertiary/aromatic N) is 2. The average Bonchev–Trinajstić information content (AvgIpc) is 3.22. The highest BCUT2D eigenvalue weighted by atomic mass is 19.4. The molecule has 1 heterocycles. The largest absolute Gasteiger partial charge is 0.416 e. The summed E-state index contributed by atoms with van der Waals surface area (Å²) < 4.78 is 38.9. The van der Waals surface area contributed by atoms with E-state index in [0.717, 1.165) is 28.6 Å². The first-order valence-electron chi connectivity index (χ1n) is 11.9. The number of H-pyrrole nitrogens is 1. The molecule has 1 N–H and O–H groups in total. The number of nitrogens with one attached hydrogen (secondary N) is 1. The van der Waals surface area contributed by atoms with E-state index in [-0.39, 0.29) is 30.9 Å². The molecule has 0 aliphatic heterocycles. The number of aromatic amines is 1. The molecule has 3 rings (SSSR count).